The van der Waals surface area contributed by atoms with Crippen LogP contribution in [0.3, 0.4) is 0 Å². The van der Waals surface area contributed by atoms with Gasteiger partial charge >= 0.3 is 0 Å². The number of hydrogen-bond donors (Lipinski definition) is 1. The number of aryl methyl sites for hydroxylation is 1. The van der Waals surface area contributed by atoms with Gasteiger partial charge in [-0.05, 0) is 43.7 Å². The predicted molar refractivity (Wildman–Crippen MR) is 105 cm³/mol. The van der Waals surface area contributed by atoms with Crippen molar-refractivity contribution in [2.75, 3.05) is 17.9 Å². The topological polar surface area (TPSA) is 66.5 Å². The van der Waals surface area contributed by atoms with Crippen molar-refractivity contribution in [2.24, 2.45) is 0 Å². The van der Waals surface area contributed by atoms with Crippen LogP contribution in [0.2, 0.25) is 0 Å². The van der Waals surface area contributed by atoms with Gasteiger partial charge in [-0.3, -0.25) is 9.10 Å². The minimum atomic E-state index is -3.74. The second-order valence-corrected chi connectivity index (χ2v) is 8.27. The maximum absolute atomic E-state index is 12.9. The van der Waals surface area contributed by atoms with Gasteiger partial charge in [0.25, 0.3) is 15.9 Å². The van der Waals surface area contributed by atoms with Gasteiger partial charge in [0.05, 0.1) is 10.6 Å². The van der Waals surface area contributed by atoms with E-state index in [0.717, 1.165) is 24.8 Å². The molecular weight excluding hydrogens is 348 g/mol. The molecule has 26 heavy (non-hydrogen) atoms. The third-order valence-electron chi connectivity index (χ3n) is 4.22. The number of nitrogens with zero attached hydrogens (tertiary/aromatic N) is 1. The van der Waals surface area contributed by atoms with Gasteiger partial charge in [0.1, 0.15) is 0 Å². The van der Waals surface area contributed by atoms with E-state index < -0.39 is 10.0 Å². The van der Waals surface area contributed by atoms with Gasteiger partial charge in [-0.15, -0.1) is 0 Å². The van der Waals surface area contributed by atoms with Crippen LogP contribution >= 0.6 is 0 Å². The fraction of sp³-hybridized carbons (Fsp3) is 0.350. The first-order chi connectivity index (χ1) is 12.4. The van der Waals surface area contributed by atoms with Gasteiger partial charge in [0.15, 0.2) is 0 Å². The summed E-state index contributed by atoms with van der Waals surface area (Å²) in [6, 6.07) is 13.4. The Hall–Kier alpha value is -2.34. The number of benzene rings is 2. The molecule has 0 saturated heterocycles. The van der Waals surface area contributed by atoms with Crippen molar-refractivity contribution in [1.82, 2.24) is 5.32 Å². The maximum atomic E-state index is 12.9. The van der Waals surface area contributed by atoms with Crippen LogP contribution in [-0.4, -0.2) is 27.9 Å². The largest absolute Gasteiger partial charge is 0.352 e. The molecule has 0 aromatic heterocycles. The maximum Gasteiger partial charge on any atom is 0.264 e. The molecule has 0 radical (unpaired) electrons. The summed E-state index contributed by atoms with van der Waals surface area (Å²) in [4.78, 5) is 12.3. The Labute approximate surface area is 156 Å². The van der Waals surface area contributed by atoms with E-state index in [4.69, 9.17) is 0 Å². The van der Waals surface area contributed by atoms with Crippen molar-refractivity contribution < 1.29 is 13.2 Å². The second-order valence-electron chi connectivity index (χ2n) is 6.30. The van der Waals surface area contributed by atoms with Gasteiger partial charge in [-0.1, -0.05) is 43.5 Å². The van der Waals surface area contributed by atoms with Crippen LogP contribution in [0.25, 0.3) is 0 Å². The summed E-state index contributed by atoms with van der Waals surface area (Å²) < 4.78 is 27.0. The lowest BCUT2D eigenvalue weighted by atomic mass is 10.2. The molecule has 2 aromatic carbocycles. The summed E-state index contributed by atoms with van der Waals surface area (Å²) in [6.07, 6.45) is 3.04. The monoisotopic (exact) mass is 374 g/mol. The fourth-order valence-corrected chi connectivity index (χ4v) is 3.77. The predicted octanol–water partition coefficient (Wildman–Crippen LogP) is 3.74. The number of nitrogens with one attached hydrogen (secondary N) is 1. The Morgan fingerprint density at radius 1 is 1.08 bits per heavy atom. The number of amides is 1. The van der Waals surface area contributed by atoms with Crippen LogP contribution in [0.1, 0.15) is 42.1 Å². The minimum absolute atomic E-state index is 0.0989. The molecule has 0 aliphatic heterocycles. The van der Waals surface area contributed by atoms with E-state index in [1.165, 1.54) is 23.5 Å². The van der Waals surface area contributed by atoms with E-state index in [0.29, 0.717) is 17.8 Å². The van der Waals surface area contributed by atoms with Gasteiger partial charge in [0.2, 0.25) is 0 Å². The number of hydrogen-bond acceptors (Lipinski definition) is 3. The zero-order valence-corrected chi connectivity index (χ0v) is 16.3. The highest BCUT2D eigenvalue weighted by Gasteiger charge is 2.22. The molecule has 140 valence electrons. The zero-order chi connectivity index (χ0) is 19.2. The van der Waals surface area contributed by atoms with Crippen molar-refractivity contribution >= 4 is 21.6 Å². The van der Waals surface area contributed by atoms with Crippen LogP contribution < -0.4 is 9.62 Å². The minimum Gasteiger partial charge on any atom is -0.352 e. The standard InChI is InChI=1S/C20H26N2O3S/c1-4-5-6-14-21-20(23)17-8-7-9-19(15-17)26(24,25)22(3)18-12-10-16(2)11-13-18/h7-13,15H,4-6,14H2,1-3H3,(H,21,23). The fourth-order valence-electron chi connectivity index (χ4n) is 2.53. The second kappa shape index (κ2) is 8.85. The first kappa shape index (κ1) is 20.0. The van der Waals surface area contributed by atoms with E-state index in [2.05, 4.69) is 12.2 Å². The van der Waals surface area contributed by atoms with Crippen LogP contribution in [0.4, 0.5) is 5.69 Å². The number of unbranched alkanes of at least 4 members (excludes halogenated alkanes) is 2. The molecule has 5 nitrogen and oxygen atoms in total. The molecular formula is C20H26N2O3S. The molecule has 0 fully saturated rings. The molecule has 1 N–H and O–H groups in total. The summed E-state index contributed by atoms with van der Waals surface area (Å²) in [7, 11) is -2.23. The molecule has 0 bridgehead atoms. The third kappa shape index (κ3) is 4.85. The summed E-state index contributed by atoms with van der Waals surface area (Å²) in [6.45, 7) is 4.63. The Morgan fingerprint density at radius 2 is 1.77 bits per heavy atom. The van der Waals surface area contributed by atoms with Gasteiger partial charge in [-0.25, -0.2) is 8.42 Å². The molecule has 0 saturated carbocycles. The molecule has 2 rings (SSSR count). The smallest absolute Gasteiger partial charge is 0.264 e. The van der Waals surface area contributed by atoms with Crippen LogP contribution in [0.15, 0.2) is 53.4 Å². The molecule has 0 aliphatic carbocycles. The Morgan fingerprint density at radius 3 is 2.42 bits per heavy atom. The highest BCUT2D eigenvalue weighted by Crippen LogP contribution is 2.23. The quantitative estimate of drug-likeness (QED) is 0.716. The first-order valence-corrected chi connectivity index (χ1v) is 10.2. The summed E-state index contributed by atoms with van der Waals surface area (Å²) in [5.74, 6) is -0.254. The van der Waals surface area contributed by atoms with Crippen LogP contribution in [-0.2, 0) is 10.0 Å². The normalized spacial score (nSPS) is 11.2. The van der Waals surface area contributed by atoms with Crippen molar-refractivity contribution in [3.63, 3.8) is 0 Å². The number of anilines is 1. The Kier molecular flexibility index (Phi) is 6.80. The molecule has 2 aromatic rings. The van der Waals surface area contributed by atoms with E-state index >= 15 is 0 Å². The van der Waals surface area contributed by atoms with Gasteiger partial charge < -0.3 is 5.32 Å². The van der Waals surface area contributed by atoms with Crippen molar-refractivity contribution in [2.45, 2.75) is 38.0 Å². The molecule has 0 spiro atoms. The van der Waals surface area contributed by atoms with Crippen molar-refractivity contribution in [3.8, 4) is 0 Å². The van der Waals surface area contributed by atoms with Gasteiger partial charge in [-0.2, -0.15) is 0 Å². The first-order valence-electron chi connectivity index (χ1n) is 8.80. The van der Waals surface area contributed by atoms with E-state index in [-0.39, 0.29) is 10.8 Å². The lowest BCUT2D eigenvalue weighted by Gasteiger charge is -2.20. The Balaban J connectivity index is 2.19. The lowest BCUT2D eigenvalue weighted by molar-refractivity contribution is 0.0952. The zero-order valence-electron chi connectivity index (χ0n) is 15.5. The van der Waals surface area contributed by atoms with Crippen LogP contribution in [0.5, 0.6) is 0 Å². The number of sulfonamides is 1. The average molecular weight is 375 g/mol. The van der Waals surface area contributed by atoms with Crippen molar-refractivity contribution in [3.05, 3.63) is 59.7 Å². The molecule has 0 heterocycles. The number of carbonyl (C=O) groups excluding carboxylic acids is 1. The average Bonchev–Trinajstić information content (AvgIpc) is 2.65. The summed E-state index contributed by atoms with van der Waals surface area (Å²) >= 11 is 0. The highest BCUT2D eigenvalue weighted by atomic mass is 32.2. The number of rotatable bonds is 8. The van der Waals surface area contributed by atoms with Crippen LogP contribution in [0, 0.1) is 6.92 Å². The summed E-state index contributed by atoms with van der Waals surface area (Å²) in [5.41, 5.74) is 1.98. The summed E-state index contributed by atoms with van der Waals surface area (Å²) in [5, 5.41) is 2.83. The third-order valence-corrected chi connectivity index (χ3v) is 6.00. The molecule has 6 heteroatoms. The lowest BCUT2D eigenvalue weighted by Crippen LogP contribution is -2.28. The molecule has 0 aliphatic rings. The van der Waals surface area contributed by atoms with Gasteiger partial charge in [0, 0.05) is 19.2 Å². The SMILES string of the molecule is CCCCCNC(=O)c1cccc(S(=O)(=O)N(C)c2ccc(C)cc2)c1. The van der Waals surface area contributed by atoms with E-state index in [9.17, 15) is 13.2 Å². The Bertz CT molecular complexity index is 846. The molecule has 1 amide bonds. The molecule has 0 unspecified atom stereocenters. The number of carbonyl (C=O) groups is 1. The highest BCUT2D eigenvalue weighted by molar-refractivity contribution is 7.92. The van der Waals surface area contributed by atoms with E-state index in [1.54, 1.807) is 24.3 Å². The van der Waals surface area contributed by atoms with E-state index in [1.807, 2.05) is 19.1 Å². The molecule has 0 atom stereocenters. The van der Waals surface area contributed by atoms with Crippen molar-refractivity contribution in [1.29, 1.82) is 0 Å².